The van der Waals surface area contributed by atoms with Gasteiger partial charge in [0, 0.05) is 59.4 Å². The molecule has 1 atom stereocenters. The van der Waals surface area contributed by atoms with Gasteiger partial charge < -0.3 is 25.2 Å². The predicted octanol–water partition coefficient (Wildman–Crippen LogP) is 1.37. The third kappa shape index (κ3) is 8.36. The summed E-state index contributed by atoms with van der Waals surface area (Å²) in [5.74, 6) is 0.381. The zero-order valence-electron chi connectivity index (χ0n) is 19.1. The summed E-state index contributed by atoms with van der Waals surface area (Å²) >= 11 is 0. The maximum atomic E-state index is 14.2. The van der Waals surface area contributed by atoms with E-state index in [0.717, 1.165) is 58.8 Å². The van der Waals surface area contributed by atoms with Gasteiger partial charge in [-0.25, -0.2) is 9.38 Å². The van der Waals surface area contributed by atoms with Crippen molar-refractivity contribution in [3.05, 3.63) is 30.1 Å². The number of morpholine rings is 1. The first kappa shape index (κ1) is 26.6. The van der Waals surface area contributed by atoms with E-state index in [1.54, 1.807) is 20.2 Å². The Morgan fingerprint density at radius 2 is 2.00 bits per heavy atom. The van der Waals surface area contributed by atoms with Crippen molar-refractivity contribution >= 4 is 41.5 Å². The number of benzene rings is 1. The lowest BCUT2D eigenvalue weighted by molar-refractivity contribution is -0.127. The minimum absolute atomic E-state index is 0. The molecule has 0 bridgehead atoms. The molecule has 0 saturated carbocycles. The molecule has 32 heavy (non-hydrogen) atoms. The van der Waals surface area contributed by atoms with Gasteiger partial charge in [0.05, 0.1) is 18.9 Å². The standard InChI is InChI=1S/C22H35FN6O2.HI/c1-27(2)21(30)16-25-22(24-9-11-28-12-14-31-15-13-28)26-18-6-5-10-29(17-18)20-8-4-3-7-19(20)23;/h3-4,7-8,18H,5-6,9-17H2,1-2H3,(H2,24,25,26);1H. The van der Waals surface area contributed by atoms with Crippen LogP contribution in [0, 0.1) is 5.82 Å². The number of nitrogens with one attached hydrogen (secondary N) is 2. The van der Waals surface area contributed by atoms with Crippen LogP contribution in [0.1, 0.15) is 12.8 Å². The van der Waals surface area contributed by atoms with Crippen LogP contribution in [0.3, 0.4) is 0 Å². The van der Waals surface area contributed by atoms with Crippen molar-refractivity contribution in [2.75, 3.05) is 78.0 Å². The molecular weight excluding hydrogens is 526 g/mol. The number of hydrogen-bond donors (Lipinski definition) is 2. The van der Waals surface area contributed by atoms with E-state index < -0.39 is 0 Å². The van der Waals surface area contributed by atoms with Gasteiger partial charge in [0.15, 0.2) is 5.96 Å². The van der Waals surface area contributed by atoms with Gasteiger partial charge in [-0.2, -0.15) is 0 Å². The fourth-order valence-corrected chi connectivity index (χ4v) is 3.81. The van der Waals surface area contributed by atoms with E-state index in [4.69, 9.17) is 4.74 Å². The number of piperidine rings is 1. The van der Waals surface area contributed by atoms with Crippen LogP contribution in [-0.2, 0) is 9.53 Å². The number of anilines is 1. The van der Waals surface area contributed by atoms with E-state index in [9.17, 15) is 9.18 Å². The molecule has 0 radical (unpaired) electrons. The molecule has 3 rings (SSSR count). The van der Waals surface area contributed by atoms with Gasteiger partial charge >= 0.3 is 0 Å². The Hall–Kier alpha value is -1.66. The summed E-state index contributed by atoms with van der Waals surface area (Å²) in [4.78, 5) is 22.5. The highest BCUT2D eigenvalue weighted by molar-refractivity contribution is 14.0. The predicted molar refractivity (Wildman–Crippen MR) is 136 cm³/mol. The highest BCUT2D eigenvalue weighted by Gasteiger charge is 2.23. The molecule has 10 heteroatoms. The van der Waals surface area contributed by atoms with Crippen molar-refractivity contribution in [3.63, 3.8) is 0 Å². The lowest BCUT2D eigenvalue weighted by atomic mass is 10.0. The van der Waals surface area contributed by atoms with Crippen molar-refractivity contribution in [2.45, 2.75) is 18.9 Å². The fourth-order valence-electron chi connectivity index (χ4n) is 3.81. The Morgan fingerprint density at radius 1 is 1.25 bits per heavy atom. The van der Waals surface area contributed by atoms with E-state index in [-0.39, 0.29) is 48.3 Å². The first-order valence-electron chi connectivity index (χ1n) is 11.1. The van der Waals surface area contributed by atoms with Gasteiger partial charge in [0.25, 0.3) is 0 Å². The molecule has 2 N–H and O–H groups in total. The zero-order chi connectivity index (χ0) is 22.1. The maximum Gasteiger partial charge on any atom is 0.243 e. The third-order valence-corrected chi connectivity index (χ3v) is 5.65. The van der Waals surface area contributed by atoms with Gasteiger partial charge in [0.2, 0.25) is 5.91 Å². The zero-order valence-corrected chi connectivity index (χ0v) is 21.4. The number of nitrogens with zero attached hydrogens (tertiary/aromatic N) is 4. The van der Waals surface area contributed by atoms with Crippen LogP contribution < -0.4 is 15.5 Å². The Kier molecular flexibility index (Phi) is 11.5. The summed E-state index contributed by atoms with van der Waals surface area (Å²) < 4.78 is 19.6. The molecule has 1 unspecified atom stereocenters. The fraction of sp³-hybridized carbons (Fsp3) is 0.636. The average molecular weight is 562 g/mol. The van der Waals surface area contributed by atoms with E-state index in [0.29, 0.717) is 18.2 Å². The number of carbonyl (C=O) groups excluding carboxylic acids is 1. The summed E-state index contributed by atoms with van der Waals surface area (Å²) in [7, 11) is 3.45. The highest BCUT2D eigenvalue weighted by atomic mass is 127. The summed E-state index contributed by atoms with van der Waals surface area (Å²) in [5, 5.41) is 6.84. The topological polar surface area (TPSA) is 72.4 Å². The van der Waals surface area contributed by atoms with Crippen molar-refractivity contribution in [1.29, 1.82) is 0 Å². The molecule has 1 aromatic rings. The SMILES string of the molecule is CN(C)C(=O)CN=C(NCCN1CCOCC1)NC1CCCN(c2ccccc2F)C1.I. The van der Waals surface area contributed by atoms with E-state index in [1.165, 1.54) is 11.0 Å². The number of likely N-dealkylation sites (N-methyl/N-ethyl adjacent to an activating group) is 1. The molecule has 8 nitrogen and oxygen atoms in total. The number of halogens is 2. The van der Waals surface area contributed by atoms with E-state index >= 15 is 0 Å². The number of para-hydroxylation sites is 1. The van der Waals surface area contributed by atoms with Crippen LogP contribution >= 0.6 is 24.0 Å². The lowest BCUT2D eigenvalue weighted by Gasteiger charge is -2.35. The molecule has 1 amide bonds. The van der Waals surface area contributed by atoms with Gasteiger partial charge in [0.1, 0.15) is 12.4 Å². The molecular formula is C22H36FIN6O2. The largest absolute Gasteiger partial charge is 0.379 e. The second-order valence-corrected chi connectivity index (χ2v) is 8.21. The van der Waals surface area contributed by atoms with Crippen LogP contribution in [0.15, 0.2) is 29.3 Å². The molecule has 2 aliphatic heterocycles. The first-order chi connectivity index (χ1) is 15.0. The Bertz CT molecular complexity index is 745. The summed E-state index contributed by atoms with van der Waals surface area (Å²) in [5.41, 5.74) is 0.635. The number of hydrogen-bond acceptors (Lipinski definition) is 5. The highest BCUT2D eigenvalue weighted by Crippen LogP contribution is 2.22. The number of aliphatic imine (C=N–C) groups is 1. The van der Waals surface area contributed by atoms with Crippen molar-refractivity contribution in [3.8, 4) is 0 Å². The third-order valence-electron chi connectivity index (χ3n) is 5.65. The Morgan fingerprint density at radius 3 is 2.72 bits per heavy atom. The summed E-state index contributed by atoms with van der Waals surface area (Å²) in [6.45, 7) is 6.62. The molecule has 2 saturated heterocycles. The molecule has 2 fully saturated rings. The second kappa shape index (κ2) is 13.8. The minimum atomic E-state index is -0.197. The van der Waals surface area contributed by atoms with Crippen LogP contribution in [0.2, 0.25) is 0 Å². The molecule has 0 aliphatic carbocycles. The lowest BCUT2D eigenvalue weighted by Crippen LogP contribution is -2.52. The van der Waals surface area contributed by atoms with Crippen LogP contribution in [0.5, 0.6) is 0 Å². The van der Waals surface area contributed by atoms with Gasteiger partial charge in [-0.05, 0) is 25.0 Å². The van der Waals surface area contributed by atoms with Gasteiger partial charge in [-0.15, -0.1) is 24.0 Å². The number of guanidine groups is 1. The quantitative estimate of drug-likeness (QED) is 0.297. The minimum Gasteiger partial charge on any atom is -0.379 e. The average Bonchev–Trinajstić information content (AvgIpc) is 2.78. The van der Waals surface area contributed by atoms with E-state index in [2.05, 4.69) is 25.4 Å². The Labute approximate surface area is 207 Å². The molecule has 0 aromatic heterocycles. The van der Waals surface area contributed by atoms with E-state index in [1.807, 2.05) is 12.1 Å². The van der Waals surface area contributed by atoms with Crippen molar-refractivity contribution in [2.24, 2.45) is 4.99 Å². The molecule has 2 heterocycles. The smallest absolute Gasteiger partial charge is 0.243 e. The molecule has 2 aliphatic rings. The summed E-state index contributed by atoms with van der Waals surface area (Å²) in [6.07, 6.45) is 1.93. The summed E-state index contributed by atoms with van der Waals surface area (Å²) in [6, 6.07) is 7.02. The van der Waals surface area contributed by atoms with Gasteiger partial charge in [-0.3, -0.25) is 9.69 Å². The number of carbonyl (C=O) groups is 1. The molecule has 180 valence electrons. The number of amides is 1. The normalized spacial score (nSPS) is 19.8. The van der Waals surface area contributed by atoms with Crippen LogP contribution in [0.4, 0.5) is 10.1 Å². The van der Waals surface area contributed by atoms with Crippen LogP contribution in [0.25, 0.3) is 0 Å². The number of ether oxygens (including phenoxy) is 1. The second-order valence-electron chi connectivity index (χ2n) is 8.21. The number of rotatable bonds is 7. The van der Waals surface area contributed by atoms with Gasteiger partial charge in [-0.1, -0.05) is 12.1 Å². The molecule has 0 spiro atoms. The first-order valence-corrected chi connectivity index (χ1v) is 11.1. The molecule has 1 aromatic carbocycles. The maximum absolute atomic E-state index is 14.2. The van der Waals surface area contributed by atoms with Crippen LogP contribution in [-0.4, -0.2) is 101 Å². The Balaban J connectivity index is 0.00000363. The monoisotopic (exact) mass is 562 g/mol. The van der Waals surface area contributed by atoms with Crippen molar-refractivity contribution in [1.82, 2.24) is 20.4 Å². The van der Waals surface area contributed by atoms with Crippen molar-refractivity contribution < 1.29 is 13.9 Å².